The van der Waals surface area contributed by atoms with Gasteiger partial charge in [-0.05, 0) is 63.7 Å². The monoisotopic (exact) mass is 310 g/mol. The van der Waals surface area contributed by atoms with E-state index in [9.17, 15) is 0 Å². The highest BCUT2D eigenvalue weighted by Crippen LogP contribution is 2.31. The number of hydrogen-bond acceptors (Lipinski definition) is 2. The molecule has 1 aromatic rings. The fraction of sp³-hybridized carbons (Fsp3) is 0.600. The number of nitrogens with one attached hydrogen (secondary N) is 1. The van der Waals surface area contributed by atoms with E-state index in [1.807, 2.05) is 0 Å². The van der Waals surface area contributed by atoms with Crippen molar-refractivity contribution < 1.29 is 0 Å². The lowest BCUT2D eigenvalue weighted by atomic mass is 9.89. The SMILES string of the molecule is Cc1ccc(Br)cc1C(C1CCCCN1)N(C)C. The topological polar surface area (TPSA) is 15.3 Å². The van der Waals surface area contributed by atoms with Gasteiger partial charge in [-0.2, -0.15) is 0 Å². The van der Waals surface area contributed by atoms with Crippen LogP contribution in [0.4, 0.5) is 0 Å². The molecule has 0 aliphatic carbocycles. The van der Waals surface area contributed by atoms with Crippen molar-refractivity contribution in [2.24, 2.45) is 0 Å². The molecule has 1 aliphatic rings. The van der Waals surface area contributed by atoms with Crippen molar-refractivity contribution in [3.8, 4) is 0 Å². The van der Waals surface area contributed by atoms with Crippen molar-refractivity contribution in [3.63, 3.8) is 0 Å². The number of piperidine rings is 1. The minimum atomic E-state index is 0.461. The third kappa shape index (κ3) is 3.14. The molecule has 1 saturated heterocycles. The van der Waals surface area contributed by atoms with Gasteiger partial charge in [0.2, 0.25) is 0 Å². The van der Waals surface area contributed by atoms with Gasteiger partial charge in [0.15, 0.2) is 0 Å². The zero-order chi connectivity index (χ0) is 13.1. The molecule has 1 aromatic carbocycles. The molecule has 1 fully saturated rings. The van der Waals surface area contributed by atoms with Crippen LogP contribution in [0.2, 0.25) is 0 Å². The summed E-state index contributed by atoms with van der Waals surface area (Å²) in [5, 5.41) is 3.69. The standard InChI is InChI=1S/C15H23BrN2/c1-11-7-8-12(16)10-13(11)15(18(2)3)14-6-4-5-9-17-14/h7-8,10,14-15,17H,4-6,9H2,1-3H3. The second-order valence-electron chi connectivity index (χ2n) is 5.47. The van der Waals surface area contributed by atoms with E-state index < -0.39 is 0 Å². The van der Waals surface area contributed by atoms with Gasteiger partial charge in [0.25, 0.3) is 0 Å². The third-order valence-electron chi connectivity index (χ3n) is 3.85. The maximum Gasteiger partial charge on any atom is 0.0499 e. The molecule has 2 atom stereocenters. The molecular weight excluding hydrogens is 288 g/mol. The maximum atomic E-state index is 3.69. The molecule has 0 aromatic heterocycles. The summed E-state index contributed by atoms with van der Waals surface area (Å²) >= 11 is 3.60. The second-order valence-corrected chi connectivity index (χ2v) is 6.38. The minimum Gasteiger partial charge on any atom is -0.312 e. The first-order chi connectivity index (χ1) is 8.59. The van der Waals surface area contributed by atoms with E-state index in [1.165, 1.54) is 34.9 Å². The number of likely N-dealkylation sites (N-methyl/N-ethyl adjacent to an activating group) is 1. The zero-order valence-corrected chi connectivity index (χ0v) is 13.1. The maximum absolute atomic E-state index is 3.69. The quantitative estimate of drug-likeness (QED) is 0.919. The smallest absolute Gasteiger partial charge is 0.0499 e. The van der Waals surface area contributed by atoms with Gasteiger partial charge in [0.1, 0.15) is 0 Å². The van der Waals surface area contributed by atoms with Crippen LogP contribution in [0.15, 0.2) is 22.7 Å². The first-order valence-corrected chi connectivity index (χ1v) is 7.55. The average molecular weight is 311 g/mol. The highest BCUT2D eigenvalue weighted by molar-refractivity contribution is 9.10. The van der Waals surface area contributed by atoms with Crippen molar-refractivity contribution in [1.29, 1.82) is 0 Å². The summed E-state index contributed by atoms with van der Waals surface area (Å²) in [5.41, 5.74) is 2.82. The molecule has 100 valence electrons. The van der Waals surface area contributed by atoms with Crippen molar-refractivity contribution in [3.05, 3.63) is 33.8 Å². The molecule has 3 heteroatoms. The normalized spacial score (nSPS) is 22.2. The summed E-state index contributed by atoms with van der Waals surface area (Å²) in [5.74, 6) is 0. The Bertz CT molecular complexity index is 397. The molecule has 0 saturated carbocycles. The minimum absolute atomic E-state index is 0.461. The molecule has 0 radical (unpaired) electrons. The van der Waals surface area contributed by atoms with Crippen LogP contribution in [-0.4, -0.2) is 31.6 Å². The summed E-state index contributed by atoms with van der Waals surface area (Å²) in [7, 11) is 4.36. The van der Waals surface area contributed by atoms with Crippen molar-refractivity contribution in [1.82, 2.24) is 10.2 Å². The number of aryl methyl sites for hydroxylation is 1. The Morgan fingerprint density at radius 3 is 2.72 bits per heavy atom. The van der Waals surface area contributed by atoms with Crippen molar-refractivity contribution >= 4 is 15.9 Å². The van der Waals surface area contributed by atoms with Crippen LogP contribution in [0, 0.1) is 6.92 Å². The van der Waals surface area contributed by atoms with Gasteiger partial charge in [-0.15, -0.1) is 0 Å². The lowest BCUT2D eigenvalue weighted by molar-refractivity contribution is 0.204. The van der Waals surface area contributed by atoms with E-state index >= 15 is 0 Å². The van der Waals surface area contributed by atoms with Crippen LogP contribution in [0.25, 0.3) is 0 Å². The molecule has 2 nitrogen and oxygen atoms in total. The van der Waals surface area contributed by atoms with Crippen molar-refractivity contribution in [2.45, 2.75) is 38.3 Å². The Labute approximate surface area is 119 Å². The third-order valence-corrected chi connectivity index (χ3v) is 4.34. The largest absolute Gasteiger partial charge is 0.312 e. The summed E-state index contributed by atoms with van der Waals surface area (Å²) in [6.07, 6.45) is 3.93. The summed E-state index contributed by atoms with van der Waals surface area (Å²) in [4.78, 5) is 2.35. The van der Waals surface area contributed by atoms with Gasteiger partial charge >= 0.3 is 0 Å². The lowest BCUT2D eigenvalue weighted by Gasteiger charge is -2.36. The molecule has 1 aliphatic heterocycles. The van der Waals surface area contributed by atoms with E-state index in [1.54, 1.807) is 0 Å². The van der Waals surface area contributed by atoms with Crippen LogP contribution in [0.5, 0.6) is 0 Å². The van der Waals surface area contributed by atoms with Gasteiger partial charge in [0.05, 0.1) is 0 Å². The zero-order valence-electron chi connectivity index (χ0n) is 11.5. The number of rotatable bonds is 3. The number of benzene rings is 1. The molecule has 2 rings (SSSR count). The van der Waals surface area contributed by atoms with E-state index in [0.29, 0.717) is 12.1 Å². The van der Waals surface area contributed by atoms with Crippen LogP contribution in [-0.2, 0) is 0 Å². The fourth-order valence-corrected chi connectivity index (χ4v) is 3.31. The molecule has 0 bridgehead atoms. The Balaban J connectivity index is 2.31. The molecule has 2 unspecified atom stereocenters. The predicted molar refractivity (Wildman–Crippen MR) is 80.9 cm³/mol. The van der Waals surface area contributed by atoms with Crippen LogP contribution < -0.4 is 5.32 Å². The Morgan fingerprint density at radius 1 is 1.33 bits per heavy atom. The number of halogens is 1. The highest BCUT2D eigenvalue weighted by Gasteiger charge is 2.27. The highest BCUT2D eigenvalue weighted by atomic mass is 79.9. The van der Waals surface area contributed by atoms with Crippen LogP contribution in [0.1, 0.15) is 36.4 Å². The summed E-state index contributed by atoms with van der Waals surface area (Å²) in [6, 6.07) is 7.64. The second kappa shape index (κ2) is 6.18. The molecule has 1 N–H and O–H groups in total. The van der Waals surface area contributed by atoms with E-state index in [-0.39, 0.29) is 0 Å². The summed E-state index contributed by atoms with van der Waals surface area (Å²) < 4.78 is 1.17. The first kappa shape index (κ1) is 14.0. The van der Waals surface area contributed by atoms with E-state index in [0.717, 1.165) is 6.54 Å². The van der Waals surface area contributed by atoms with Gasteiger partial charge in [-0.25, -0.2) is 0 Å². The Hall–Kier alpha value is -0.380. The Kier molecular flexibility index (Phi) is 4.82. The van der Waals surface area contributed by atoms with E-state index in [2.05, 4.69) is 65.4 Å². The Morgan fingerprint density at radius 2 is 2.11 bits per heavy atom. The van der Waals surface area contributed by atoms with Gasteiger partial charge in [-0.1, -0.05) is 28.4 Å². The van der Waals surface area contributed by atoms with Gasteiger partial charge < -0.3 is 10.2 Å². The molecule has 1 heterocycles. The van der Waals surface area contributed by atoms with Crippen LogP contribution in [0.3, 0.4) is 0 Å². The fourth-order valence-electron chi connectivity index (χ4n) is 2.93. The number of hydrogen-bond donors (Lipinski definition) is 1. The van der Waals surface area contributed by atoms with Gasteiger partial charge in [0, 0.05) is 16.6 Å². The molecule has 0 spiro atoms. The van der Waals surface area contributed by atoms with E-state index in [4.69, 9.17) is 0 Å². The number of nitrogens with zero attached hydrogens (tertiary/aromatic N) is 1. The van der Waals surface area contributed by atoms with Crippen LogP contribution >= 0.6 is 15.9 Å². The predicted octanol–water partition coefficient (Wildman–Crippen LogP) is 3.50. The lowest BCUT2D eigenvalue weighted by Crippen LogP contribution is -2.44. The average Bonchev–Trinajstić information content (AvgIpc) is 2.35. The molecule has 0 amide bonds. The molecule has 18 heavy (non-hydrogen) atoms. The molecular formula is C15H23BrN2. The first-order valence-electron chi connectivity index (χ1n) is 6.75. The van der Waals surface area contributed by atoms with Gasteiger partial charge in [-0.3, -0.25) is 0 Å². The summed E-state index contributed by atoms with van der Waals surface area (Å²) in [6.45, 7) is 3.36. The van der Waals surface area contributed by atoms with Crippen molar-refractivity contribution in [2.75, 3.05) is 20.6 Å².